The lowest BCUT2D eigenvalue weighted by atomic mass is 9.98. The summed E-state index contributed by atoms with van der Waals surface area (Å²) < 4.78 is 29.6. The maximum absolute atomic E-state index is 11.7. The second-order valence-electron chi connectivity index (χ2n) is 6.35. The van der Waals surface area contributed by atoms with Crippen molar-refractivity contribution in [2.24, 2.45) is 0 Å². The van der Waals surface area contributed by atoms with Gasteiger partial charge in [0.15, 0.2) is 24.6 Å². The Balaban J connectivity index is 3.29. The van der Waals surface area contributed by atoms with Crippen molar-refractivity contribution in [2.45, 2.75) is 62.2 Å². The quantitative estimate of drug-likeness (QED) is 0.222. The van der Waals surface area contributed by atoms with E-state index in [2.05, 4.69) is 0 Å². The summed E-state index contributed by atoms with van der Waals surface area (Å²) in [6.07, 6.45) is -6.80. The zero-order chi connectivity index (χ0) is 23.9. The van der Waals surface area contributed by atoms with Crippen molar-refractivity contribution in [3.05, 3.63) is 0 Å². The Hall–Kier alpha value is -1.66. The third-order valence-corrected chi connectivity index (χ3v) is 4.37. The van der Waals surface area contributed by atoms with Crippen LogP contribution in [0.4, 0.5) is 0 Å². The van der Waals surface area contributed by atoms with E-state index in [1.807, 2.05) is 0 Å². The summed E-state index contributed by atoms with van der Waals surface area (Å²) >= 11 is 16.9. The van der Waals surface area contributed by atoms with Crippen LogP contribution >= 0.6 is 34.8 Å². The van der Waals surface area contributed by atoms with Crippen LogP contribution in [-0.2, 0) is 47.6 Å². The summed E-state index contributed by atoms with van der Waals surface area (Å²) in [4.78, 5) is 46.2. The van der Waals surface area contributed by atoms with Crippen LogP contribution in [0.1, 0.15) is 27.7 Å². The average molecular weight is 507 g/mol. The predicted molar refractivity (Wildman–Crippen MR) is 106 cm³/mol. The van der Waals surface area contributed by atoms with Gasteiger partial charge >= 0.3 is 23.9 Å². The van der Waals surface area contributed by atoms with Crippen LogP contribution in [0.2, 0.25) is 0 Å². The maximum Gasteiger partial charge on any atom is 0.303 e. The summed E-state index contributed by atoms with van der Waals surface area (Å²) in [7, 11) is 0. The number of esters is 4. The SMILES string of the molecule is CC(=O)OCC1OC(OCC(=N)C(Cl)(Cl)Cl)C(OC(C)=O)C(OC(C)=O)C1OC(C)=O. The number of carbonyl (C=O) groups excluding carboxylic acids is 4. The van der Waals surface area contributed by atoms with Crippen molar-refractivity contribution < 1.29 is 47.6 Å². The van der Waals surface area contributed by atoms with E-state index < -0.39 is 77.3 Å². The molecule has 1 saturated heterocycles. The fourth-order valence-electron chi connectivity index (χ4n) is 2.57. The molecule has 1 N–H and O–H groups in total. The highest BCUT2D eigenvalue weighted by molar-refractivity contribution is 6.76. The summed E-state index contributed by atoms with van der Waals surface area (Å²) in [5, 5.41) is 7.74. The second kappa shape index (κ2) is 11.8. The van der Waals surface area contributed by atoms with Crippen LogP contribution in [0.15, 0.2) is 0 Å². The molecular formula is C17H22Cl3NO10. The Kier molecular flexibility index (Phi) is 10.4. The minimum Gasteiger partial charge on any atom is -0.463 e. The first-order valence-electron chi connectivity index (χ1n) is 8.79. The van der Waals surface area contributed by atoms with Gasteiger partial charge in [-0.05, 0) is 0 Å². The smallest absolute Gasteiger partial charge is 0.303 e. The van der Waals surface area contributed by atoms with Gasteiger partial charge in [0.1, 0.15) is 12.7 Å². The molecule has 0 spiro atoms. The van der Waals surface area contributed by atoms with E-state index >= 15 is 0 Å². The van der Waals surface area contributed by atoms with Crippen LogP contribution in [0.3, 0.4) is 0 Å². The molecule has 14 heteroatoms. The Labute approximate surface area is 192 Å². The van der Waals surface area contributed by atoms with E-state index in [4.69, 9.17) is 68.6 Å². The molecule has 0 aromatic carbocycles. The summed E-state index contributed by atoms with van der Waals surface area (Å²) in [6, 6.07) is 0. The fraction of sp³-hybridized carbons (Fsp3) is 0.706. The van der Waals surface area contributed by atoms with Crippen molar-refractivity contribution in [1.82, 2.24) is 0 Å². The van der Waals surface area contributed by atoms with Gasteiger partial charge in [-0.25, -0.2) is 0 Å². The predicted octanol–water partition coefficient (Wildman–Crippen LogP) is 1.48. The van der Waals surface area contributed by atoms with Gasteiger partial charge < -0.3 is 33.8 Å². The van der Waals surface area contributed by atoms with Gasteiger partial charge in [-0.15, -0.1) is 0 Å². The third kappa shape index (κ3) is 9.16. The standard InChI is InChI=1S/C17H22Cl3NO10/c1-7(22)26-5-11-13(28-8(2)23)14(29-9(3)24)15(30-10(4)25)16(31-11)27-6-12(21)17(18,19)20/h11,13-16,21H,5-6H2,1-4H3. The number of hydrogen-bond acceptors (Lipinski definition) is 11. The number of alkyl halides is 3. The lowest BCUT2D eigenvalue weighted by molar-refractivity contribution is -0.305. The van der Waals surface area contributed by atoms with Gasteiger partial charge in [0, 0.05) is 27.7 Å². The highest BCUT2D eigenvalue weighted by Gasteiger charge is 2.53. The molecule has 0 aromatic rings. The van der Waals surface area contributed by atoms with Crippen LogP contribution in [0.5, 0.6) is 0 Å². The Morgan fingerprint density at radius 1 is 0.839 bits per heavy atom. The molecule has 0 bridgehead atoms. The third-order valence-electron chi connectivity index (χ3n) is 3.68. The fourth-order valence-corrected chi connectivity index (χ4v) is 2.73. The van der Waals surface area contributed by atoms with Crippen molar-refractivity contribution in [3.63, 3.8) is 0 Å². The summed E-state index contributed by atoms with van der Waals surface area (Å²) in [6.45, 7) is 3.42. The highest BCUT2D eigenvalue weighted by Crippen LogP contribution is 2.31. The molecule has 0 aliphatic carbocycles. The first-order chi connectivity index (χ1) is 14.2. The molecule has 11 nitrogen and oxygen atoms in total. The normalized spacial score (nSPS) is 25.8. The average Bonchev–Trinajstić information content (AvgIpc) is 2.60. The molecule has 176 valence electrons. The van der Waals surface area contributed by atoms with Crippen molar-refractivity contribution in [3.8, 4) is 0 Å². The Bertz CT molecular complexity index is 711. The van der Waals surface area contributed by atoms with Crippen LogP contribution in [0.25, 0.3) is 0 Å². The minimum absolute atomic E-state index is 0.417. The van der Waals surface area contributed by atoms with Gasteiger partial charge in [0.2, 0.25) is 3.79 Å². The van der Waals surface area contributed by atoms with Gasteiger partial charge in [-0.3, -0.25) is 19.2 Å². The van der Waals surface area contributed by atoms with Crippen LogP contribution in [0, 0.1) is 5.41 Å². The second-order valence-corrected chi connectivity index (χ2v) is 8.64. The number of halogens is 3. The number of carbonyl (C=O) groups is 4. The molecule has 1 fully saturated rings. The van der Waals surface area contributed by atoms with Crippen molar-refractivity contribution >= 4 is 64.4 Å². The van der Waals surface area contributed by atoms with E-state index in [1.54, 1.807) is 0 Å². The first kappa shape index (κ1) is 27.4. The molecule has 0 amide bonds. The molecule has 1 aliphatic heterocycles. The molecule has 31 heavy (non-hydrogen) atoms. The molecule has 1 heterocycles. The molecule has 5 unspecified atom stereocenters. The largest absolute Gasteiger partial charge is 0.463 e. The van der Waals surface area contributed by atoms with Crippen molar-refractivity contribution in [1.29, 1.82) is 5.41 Å². The van der Waals surface area contributed by atoms with E-state index in [9.17, 15) is 19.2 Å². The minimum atomic E-state index is -2.07. The van der Waals surface area contributed by atoms with Crippen LogP contribution < -0.4 is 0 Å². The Morgan fingerprint density at radius 2 is 1.32 bits per heavy atom. The zero-order valence-corrected chi connectivity index (χ0v) is 19.3. The topological polar surface area (TPSA) is 148 Å². The summed E-state index contributed by atoms with van der Waals surface area (Å²) in [5.41, 5.74) is -0.467. The van der Waals surface area contributed by atoms with E-state index in [-0.39, 0.29) is 0 Å². The van der Waals surface area contributed by atoms with Gasteiger partial charge in [0.05, 0.1) is 12.3 Å². The molecule has 1 rings (SSSR count). The van der Waals surface area contributed by atoms with Crippen molar-refractivity contribution in [2.75, 3.05) is 13.2 Å². The van der Waals surface area contributed by atoms with E-state index in [0.717, 1.165) is 27.7 Å². The monoisotopic (exact) mass is 505 g/mol. The number of rotatable bonds is 8. The zero-order valence-electron chi connectivity index (χ0n) is 17.0. The van der Waals surface area contributed by atoms with Gasteiger partial charge in [0.25, 0.3) is 0 Å². The lowest BCUT2D eigenvalue weighted by Gasteiger charge is -2.44. The number of ether oxygens (including phenoxy) is 6. The molecule has 1 aliphatic rings. The molecular weight excluding hydrogens is 485 g/mol. The molecule has 0 saturated carbocycles. The molecule has 5 atom stereocenters. The highest BCUT2D eigenvalue weighted by atomic mass is 35.6. The van der Waals surface area contributed by atoms with E-state index in [1.165, 1.54) is 0 Å². The first-order valence-corrected chi connectivity index (χ1v) is 9.92. The van der Waals surface area contributed by atoms with Gasteiger partial charge in [-0.2, -0.15) is 0 Å². The molecule has 0 aromatic heterocycles. The maximum atomic E-state index is 11.7. The van der Waals surface area contributed by atoms with Crippen LogP contribution in [-0.4, -0.2) is 77.3 Å². The number of nitrogens with one attached hydrogen (secondary N) is 1. The Morgan fingerprint density at radius 3 is 1.77 bits per heavy atom. The molecule has 0 radical (unpaired) electrons. The number of hydrogen-bond donors (Lipinski definition) is 1. The lowest BCUT2D eigenvalue weighted by Crippen LogP contribution is -2.63. The summed E-state index contributed by atoms with van der Waals surface area (Å²) in [5.74, 6) is -3.01. The van der Waals surface area contributed by atoms with Gasteiger partial charge in [-0.1, -0.05) is 34.8 Å². The van der Waals surface area contributed by atoms with E-state index in [0.29, 0.717) is 0 Å².